The smallest absolute Gasteiger partial charge is 0.293 e. The molecule has 0 saturated carbocycles. The Morgan fingerprint density at radius 1 is 1.39 bits per heavy atom. The van der Waals surface area contributed by atoms with E-state index in [0.717, 1.165) is 12.1 Å². The summed E-state index contributed by atoms with van der Waals surface area (Å²) < 4.78 is 5.02. The van der Waals surface area contributed by atoms with Gasteiger partial charge in [-0.3, -0.25) is 14.9 Å². The van der Waals surface area contributed by atoms with Crippen molar-refractivity contribution in [2.45, 2.75) is 33.1 Å². The lowest BCUT2D eigenvalue weighted by molar-refractivity contribution is -0.121. The van der Waals surface area contributed by atoms with E-state index >= 15 is 0 Å². The van der Waals surface area contributed by atoms with Crippen LogP contribution < -0.4 is 10.6 Å². The lowest BCUT2D eigenvalue weighted by atomic mass is 10.1. The van der Waals surface area contributed by atoms with Gasteiger partial charge < -0.3 is 9.73 Å². The molecule has 0 aromatic carbocycles. The number of carbonyl (C=O) groups excluding carboxylic acids is 2. The average Bonchev–Trinajstić information content (AvgIpc) is 3.16. The molecule has 0 bridgehead atoms. The van der Waals surface area contributed by atoms with E-state index in [1.165, 1.54) is 17.6 Å². The number of aromatic nitrogens is 1. The molecule has 2 rings (SSSR count). The van der Waals surface area contributed by atoms with Crippen LogP contribution in [0.2, 0.25) is 0 Å². The first-order valence-corrected chi connectivity index (χ1v) is 8.48. The van der Waals surface area contributed by atoms with Crippen molar-refractivity contribution in [2.75, 3.05) is 11.9 Å². The van der Waals surface area contributed by atoms with Crippen LogP contribution in [0.15, 0.2) is 28.2 Å². The van der Waals surface area contributed by atoms with E-state index in [0.29, 0.717) is 30.4 Å². The van der Waals surface area contributed by atoms with Crippen LogP contribution in [0.5, 0.6) is 0 Å². The zero-order chi connectivity index (χ0) is 16.7. The van der Waals surface area contributed by atoms with E-state index in [1.54, 1.807) is 12.1 Å². The van der Waals surface area contributed by atoms with Crippen molar-refractivity contribution in [3.05, 3.63) is 35.2 Å². The zero-order valence-corrected chi connectivity index (χ0v) is 14.1. The first kappa shape index (κ1) is 17.2. The summed E-state index contributed by atoms with van der Waals surface area (Å²) in [5, 5.41) is 7.92. The summed E-state index contributed by atoms with van der Waals surface area (Å²) in [4.78, 5) is 27.8. The molecule has 0 spiro atoms. The van der Waals surface area contributed by atoms with Gasteiger partial charge in [0.05, 0.1) is 12.0 Å². The van der Waals surface area contributed by atoms with E-state index in [2.05, 4.69) is 29.5 Å². The fourth-order valence-corrected chi connectivity index (χ4v) is 2.62. The molecule has 7 heteroatoms. The predicted octanol–water partition coefficient (Wildman–Crippen LogP) is 3.08. The number of carbonyl (C=O) groups is 2. The Balaban J connectivity index is 1.74. The molecule has 124 valence electrons. The molecular weight excluding hydrogens is 314 g/mol. The van der Waals surface area contributed by atoms with E-state index in [-0.39, 0.29) is 17.6 Å². The van der Waals surface area contributed by atoms with Gasteiger partial charge >= 0.3 is 0 Å². The lowest BCUT2D eigenvalue weighted by Gasteiger charge is -2.06. The minimum absolute atomic E-state index is 0.0276. The third kappa shape index (κ3) is 5.86. The molecule has 0 unspecified atom stereocenters. The van der Waals surface area contributed by atoms with Crippen molar-refractivity contribution in [2.24, 2.45) is 5.92 Å². The third-order valence-corrected chi connectivity index (χ3v) is 3.98. The molecule has 0 radical (unpaired) electrons. The fraction of sp³-hybridized carbons (Fsp3) is 0.438. The highest BCUT2D eigenvalue weighted by Gasteiger charge is 2.12. The van der Waals surface area contributed by atoms with Gasteiger partial charge in [-0.2, -0.15) is 0 Å². The number of hydrogen-bond donors (Lipinski definition) is 2. The number of rotatable bonds is 8. The Morgan fingerprint density at radius 2 is 2.22 bits per heavy atom. The quantitative estimate of drug-likeness (QED) is 0.776. The van der Waals surface area contributed by atoms with Crippen LogP contribution in [-0.2, 0) is 11.2 Å². The highest BCUT2D eigenvalue weighted by molar-refractivity contribution is 7.13. The number of hydrogen-bond acceptors (Lipinski definition) is 5. The van der Waals surface area contributed by atoms with E-state index in [1.807, 2.05) is 5.38 Å². The maximum atomic E-state index is 11.8. The second-order valence-corrected chi connectivity index (χ2v) is 6.47. The van der Waals surface area contributed by atoms with Crippen LogP contribution in [0.25, 0.3) is 0 Å². The largest absolute Gasteiger partial charge is 0.459 e. The first-order chi connectivity index (χ1) is 11.0. The first-order valence-electron chi connectivity index (χ1n) is 7.60. The molecule has 2 N–H and O–H groups in total. The van der Waals surface area contributed by atoms with Crippen LogP contribution in [-0.4, -0.2) is 23.3 Å². The van der Waals surface area contributed by atoms with E-state index < -0.39 is 0 Å². The van der Waals surface area contributed by atoms with Crippen LogP contribution in [0.3, 0.4) is 0 Å². The Hall–Kier alpha value is -2.15. The number of furan rings is 1. The molecule has 6 nitrogen and oxygen atoms in total. The Kier molecular flexibility index (Phi) is 6.34. The van der Waals surface area contributed by atoms with Crippen LogP contribution in [0.4, 0.5) is 5.13 Å². The maximum absolute atomic E-state index is 11.8. The minimum atomic E-state index is -0.331. The average molecular weight is 335 g/mol. The van der Waals surface area contributed by atoms with Crippen molar-refractivity contribution in [1.29, 1.82) is 0 Å². The molecule has 2 aromatic heterocycles. The summed E-state index contributed by atoms with van der Waals surface area (Å²) in [6, 6.07) is 3.24. The van der Waals surface area contributed by atoms with E-state index in [4.69, 9.17) is 4.42 Å². The number of anilines is 1. The molecule has 2 heterocycles. The number of amides is 2. The van der Waals surface area contributed by atoms with Gasteiger partial charge in [0.1, 0.15) is 0 Å². The van der Waals surface area contributed by atoms with Crippen molar-refractivity contribution in [1.82, 2.24) is 10.3 Å². The second-order valence-electron chi connectivity index (χ2n) is 5.61. The molecular formula is C16H21N3O3S. The van der Waals surface area contributed by atoms with Crippen LogP contribution in [0, 0.1) is 5.92 Å². The minimum Gasteiger partial charge on any atom is -0.459 e. The van der Waals surface area contributed by atoms with Crippen molar-refractivity contribution in [3.63, 3.8) is 0 Å². The van der Waals surface area contributed by atoms with Gasteiger partial charge in [-0.05, 0) is 30.9 Å². The molecule has 0 aliphatic rings. The van der Waals surface area contributed by atoms with Gasteiger partial charge in [-0.15, -0.1) is 11.3 Å². The predicted molar refractivity (Wildman–Crippen MR) is 89.6 cm³/mol. The third-order valence-electron chi connectivity index (χ3n) is 3.17. The summed E-state index contributed by atoms with van der Waals surface area (Å²) in [5.41, 5.74) is 0.795. The van der Waals surface area contributed by atoms with E-state index in [9.17, 15) is 9.59 Å². The summed E-state index contributed by atoms with van der Waals surface area (Å²) in [5.74, 6) is 0.516. The molecule has 0 aliphatic carbocycles. The Labute approximate surface area is 139 Å². The zero-order valence-electron chi connectivity index (χ0n) is 13.3. The fourth-order valence-electron chi connectivity index (χ4n) is 1.88. The topological polar surface area (TPSA) is 84.2 Å². The van der Waals surface area contributed by atoms with Gasteiger partial charge in [0.15, 0.2) is 10.9 Å². The van der Waals surface area contributed by atoms with Gasteiger partial charge in [0.25, 0.3) is 5.91 Å². The lowest BCUT2D eigenvalue weighted by Crippen LogP contribution is -2.25. The van der Waals surface area contributed by atoms with Crippen molar-refractivity contribution in [3.8, 4) is 0 Å². The summed E-state index contributed by atoms with van der Waals surface area (Å²) in [7, 11) is 0. The summed E-state index contributed by atoms with van der Waals surface area (Å²) in [6.45, 7) is 4.96. The van der Waals surface area contributed by atoms with Crippen LogP contribution >= 0.6 is 11.3 Å². The number of nitrogens with zero attached hydrogens (tertiary/aromatic N) is 1. The maximum Gasteiger partial charge on any atom is 0.293 e. The number of thiazole rings is 1. The molecule has 2 amide bonds. The highest BCUT2D eigenvalue weighted by atomic mass is 32.1. The molecule has 2 aromatic rings. The van der Waals surface area contributed by atoms with Gasteiger partial charge in [0.2, 0.25) is 5.91 Å². The Bertz CT molecular complexity index is 635. The van der Waals surface area contributed by atoms with Gasteiger partial charge in [0, 0.05) is 18.3 Å². The van der Waals surface area contributed by atoms with Gasteiger partial charge in [-0.1, -0.05) is 13.8 Å². The number of aryl methyl sites for hydroxylation is 1. The highest BCUT2D eigenvalue weighted by Crippen LogP contribution is 2.17. The molecule has 0 saturated heterocycles. The normalized spacial score (nSPS) is 10.7. The molecule has 0 aliphatic heterocycles. The van der Waals surface area contributed by atoms with Crippen molar-refractivity contribution < 1.29 is 14.0 Å². The van der Waals surface area contributed by atoms with Gasteiger partial charge in [-0.25, -0.2) is 4.98 Å². The summed E-state index contributed by atoms with van der Waals surface area (Å²) >= 11 is 1.33. The molecule has 23 heavy (non-hydrogen) atoms. The van der Waals surface area contributed by atoms with Crippen LogP contribution in [0.1, 0.15) is 42.9 Å². The monoisotopic (exact) mass is 335 g/mol. The number of nitrogens with one attached hydrogen (secondary N) is 2. The molecule has 0 atom stereocenters. The SMILES string of the molecule is CC(C)CCNC(=O)CCc1csc(NC(=O)c2ccco2)n1. The second kappa shape index (κ2) is 8.47. The van der Waals surface area contributed by atoms with Crippen molar-refractivity contribution >= 4 is 28.3 Å². The molecule has 0 fully saturated rings. The standard InChI is InChI=1S/C16H21N3O3S/c1-11(2)7-8-17-14(20)6-5-12-10-23-16(18-12)19-15(21)13-4-3-9-22-13/h3-4,9-11H,5-8H2,1-2H3,(H,17,20)(H,18,19,21). The summed E-state index contributed by atoms with van der Waals surface area (Å²) in [6.07, 6.45) is 3.37. The Morgan fingerprint density at radius 3 is 2.91 bits per heavy atom.